The highest BCUT2D eigenvalue weighted by molar-refractivity contribution is 7.94. The normalized spacial score (nSPS) is 11.1. The molecule has 11 heteroatoms. The molecule has 0 bridgehead atoms. The lowest BCUT2D eigenvalue weighted by atomic mass is 10.1. The summed E-state index contributed by atoms with van der Waals surface area (Å²) < 4.78 is 32.4. The van der Waals surface area contributed by atoms with Gasteiger partial charge in [0.15, 0.2) is 0 Å². The van der Waals surface area contributed by atoms with E-state index in [1.54, 1.807) is 31.2 Å². The van der Waals surface area contributed by atoms with Gasteiger partial charge in [0.1, 0.15) is 5.75 Å². The van der Waals surface area contributed by atoms with Gasteiger partial charge in [0.25, 0.3) is 20.3 Å². The minimum absolute atomic E-state index is 0.0617. The summed E-state index contributed by atoms with van der Waals surface area (Å²) in [6.07, 6.45) is 0. The molecule has 0 aliphatic heterocycles. The zero-order chi connectivity index (χ0) is 20.3. The van der Waals surface area contributed by atoms with Crippen molar-refractivity contribution in [3.63, 3.8) is 0 Å². The van der Waals surface area contributed by atoms with Gasteiger partial charge in [0.05, 0.1) is 12.8 Å². The van der Waals surface area contributed by atoms with Crippen LogP contribution in [0.5, 0.6) is 5.75 Å². The van der Waals surface area contributed by atoms with Crippen LogP contribution in [0, 0.1) is 6.92 Å². The number of nitrogens with zero attached hydrogens (tertiary/aromatic N) is 2. The molecule has 0 atom stereocenters. The largest absolute Gasteiger partial charge is 0.495 e. The van der Waals surface area contributed by atoms with Crippen LogP contribution in [0.25, 0.3) is 0 Å². The van der Waals surface area contributed by atoms with Crippen molar-refractivity contribution < 1.29 is 17.9 Å². The zero-order valence-electron chi connectivity index (χ0n) is 14.8. The first kappa shape index (κ1) is 20.1. The van der Waals surface area contributed by atoms with Crippen molar-refractivity contribution in [1.82, 2.24) is 10.2 Å². The zero-order valence-corrected chi connectivity index (χ0v) is 17.2. The SMILES string of the molecule is COc1ccc(Cl)cc1NS(=O)(=O)c1nnc(NC(=O)c2ccccc2C)s1. The highest BCUT2D eigenvalue weighted by atomic mass is 35.5. The topological polar surface area (TPSA) is 110 Å². The van der Waals surface area contributed by atoms with Crippen molar-refractivity contribution in [2.45, 2.75) is 11.3 Å². The number of amides is 1. The third-order valence-corrected chi connectivity index (χ3v) is 6.46. The molecule has 2 N–H and O–H groups in total. The van der Waals surface area contributed by atoms with Gasteiger partial charge in [-0.05, 0) is 36.8 Å². The van der Waals surface area contributed by atoms with Crippen molar-refractivity contribution in [3.8, 4) is 5.75 Å². The molecule has 0 fully saturated rings. The molecule has 0 aliphatic rings. The second-order valence-electron chi connectivity index (χ2n) is 5.59. The third-order valence-electron chi connectivity index (χ3n) is 3.65. The van der Waals surface area contributed by atoms with Crippen molar-refractivity contribution >= 4 is 49.7 Å². The first-order valence-electron chi connectivity index (χ1n) is 7.87. The molecule has 3 rings (SSSR count). The van der Waals surface area contributed by atoms with Gasteiger partial charge in [-0.15, -0.1) is 10.2 Å². The maximum absolute atomic E-state index is 12.6. The van der Waals surface area contributed by atoms with Gasteiger partial charge < -0.3 is 4.74 Å². The Morgan fingerprint density at radius 1 is 1.18 bits per heavy atom. The number of anilines is 2. The number of rotatable bonds is 6. The summed E-state index contributed by atoms with van der Waals surface area (Å²) in [7, 11) is -2.64. The van der Waals surface area contributed by atoms with Gasteiger partial charge in [-0.25, -0.2) is 0 Å². The first-order chi connectivity index (χ1) is 13.3. The summed E-state index contributed by atoms with van der Waals surface area (Å²) in [6, 6.07) is 11.5. The molecule has 8 nitrogen and oxygen atoms in total. The van der Waals surface area contributed by atoms with E-state index < -0.39 is 15.9 Å². The minimum Gasteiger partial charge on any atom is -0.495 e. The van der Waals surface area contributed by atoms with E-state index in [-0.39, 0.29) is 15.2 Å². The number of aromatic nitrogens is 2. The van der Waals surface area contributed by atoms with Gasteiger partial charge in [-0.1, -0.05) is 41.1 Å². The van der Waals surface area contributed by atoms with Crippen LogP contribution in [0.4, 0.5) is 10.8 Å². The molecule has 28 heavy (non-hydrogen) atoms. The fourth-order valence-corrected chi connectivity index (χ4v) is 4.44. The van der Waals surface area contributed by atoms with E-state index in [9.17, 15) is 13.2 Å². The van der Waals surface area contributed by atoms with Crippen molar-refractivity contribution in [2.24, 2.45) is 0 Å². The molecule has 0 radical (unpaired) electrons. The number of hydrogen-bond donors (Lipinski definition) is 2. The molecule has 0 saturated carbocycles. The highest BCUT2D eigenvalue weighted by Gasteiger charge is 2.23. The number of aryl methyl sites for hydroxylation is 1. The molecule has 1 aromatic heterocycles. The maximum atomic E-state index is 12.6. The van der Waals surface area contributed by atoms with Crippen molar-refractivity contribution in [3.05, 3.63) is 58.6 Å². The van der Waals surface area contributed by atoms with E-state index in [0.29, 0.717) is 16.3 Å². The van der Waals surface area contributed by atoms with E-state index in [0.717, 1.165) is 16.9 Å². The Labute approximate surface area is 170 Å². The predicted molar refractivity (Wildman–Crippen MR) is 108 cm³/mol. The van der Waals surface area contributed by atoms with Gasteiger partial charge in [0, 0.05) is 10.6 Å². The second-order valence-corrected chi connectivity index (χ2v) is 8.86. The van der Waals surface area contributed by atoms with Crippen LogP contribution in [-0.2, 0) is 10.0 Å². The molecule has 0 aliphatic carbocycles. The Bertz CT molecular complexity index is 1130. The van der Waals surface area contributed by atoms with E-state index >= 15 is 0 Å². The molecule has 0 spiro atoms. The number of benzene rings is 2. The fourth-order valence-electron chi connectivity index (χ4n) is 2.31. The van der Waals surface area contributed by atoms with Gasteiger partial charge in [-0.3, -0.25) is 14.8 Å². The smallest absolute Gasteiger partial charge is 0.291 e. The number of hydrogen-bond acceptors (Lipinski definition) is 7. The molecule has 1 amide bonds. The summed E-state index contributed by atoms with van der Waals surface area (Å²) in [5, 5.41) is 10.4. The third kappa shape index (κ3) is 4.41. The van der Waals surface area contributed by atoms with Gasteiger partial charge in [0.2, 0.25) is 5.13 Å². The second kappa shape index (κ2) is 8.13. The van der Waals surface area contributed by atoms with E-state index in [4.69, 9.17) is 16.3 Å². The molecule has 146 valence electrons. The predicted octanol–water partition coefficient (Wildman–Crippen LogP) is 3.56. The molecule has 0 unspecified atom stereocenters. The number of sulfonamides is 1. The lowest BCUT2D eigenvalue weighted by molar-refractivity contribution is 0.102. The Balaban J connectivity index is 1.80. The summed E-state index contributed by atoms with van der Waals surface area (Å²) in [5.41, 5.74) is 1.41. The van der Waals surface area contributed by atoms with Gasteiger partial charge in [-0.2, -0.15) is 8.42 Å². The van der Waals surface area contributed by atoms with E-state index in [2.05, 4.69) is 20.2 Å². The van der Waals surface area contributed by atoms with Crippen LogP contribution >= 0.6 is 22.9 Å². The summed E-state index contributed by atoms with van der Waals surface area (Å²) >= 11 is 6.64. The Morgan fingerprint density at radius 2 is 1.93 bits per heavy atom. The summed E-state index contributed by atoms with van der Waals surface area (Å²) in [4.78, 5) is 12.3. The molecule has 2 aromatic carbocycles. The van der Waals surface area contributed by atoms with Gasteiger partial charge >= 0.3 is 0 Å². The minimum atomic E-state index is -4.05. The number of methoxy groups -OCH3 is 1. The average Bonchev–Trinajstić information content (AvgIpc) is 3.11. The fraction of sp³-hybridized carbons (Fsp3) is 0.118. The Kier molecular flexibility index (Phi) is 5.82. The van der Waals surface area contributed by atoms with Crippen LogP contribution < -0.4 is 14.8 Å². The Hall–Kier alpha value is -2.69. The molecular formula is C17H15ClN4O4S2. The molecule has 1 heterocycles. The van der Waals surface area contributed by atoms with E-state index in [1.807, 2.05) is 6.07 Å². The van der Waals surface area contributed by atoms with Crippen LogP contribution in [-0.4, -0.2) is 31.6 Å². The Morgan fingerprint density at radius 3 is 2.64 bits per heavy atom. The average molecular weight is 439 g/mol. The molecular weight excluding hydrogens is 424 g/mol. The van der Waals surface area contributed by atoms with Crippen LogP contribution in [0.1, 0.15) is 15.9 Å². The van der Waals surface area contributed by atoms with Crippen molar-refractivity contribution in [1.29, 1.82) is 0 Å². The highest BCUT2D eigenvalue weighted by Crippen LogP contribution is 2.31. The number of carbonyl (C=O) groups excluding carboxylic acids is 1. The van der Waals surface area contributed by atoms with Crippen LogP contribution in [0.3, 0.4) is 0 Å². The summed E-state index contributed by atoms with van der Waals surface area (Å²) in [5.74, 6) is -0.103. The first-order valence-corrected chi connectivity index (χ1v) is 10.5. The molecule has 0 saturated heterocycles. The number of carbonyl (C=O) groups is 1. The number of nitrogens with one attached hydrogen (secondary N) is 2. The lowest BCUT2D eigenvalue weighted by Gasteiger charge is -2.10. The number of halogens is 1. The monoisotopic (exact) mass is 438 g/mol. The van der Waals surface area contributed by atoms with Crippen LogP contribution in [0.15, 0.2) is 46.8 Å². The van der Waals surface area contributed by atoms with E-state index in [1.165, 1.54) is 19.2 Å². The maximum Gasteiger partial charge on any atom is 0.291 e. The van der Waals surface area contributed by atoms with Crippen LogP contribution in [0.2, 0.25) is 5.02 Å². The standard InChI is InChI=1S/C17H15ClN4O4S2/c1-10-5-3-4-6-12(10)15(23)19-16-20-21-17(27-16)28(24,25)22-13-9-11(18)7-8-14(13)26-2/h3-9,22H,1-2H3,(H,19,20,23). The number of ether oxygens (including phenoxy) is 1. The van der Waals surface area contributed by atoms with Crippen molar-refractivity contribution in [2.75, 3.05) is 17.1 Å². The molecule has 3 aromatic rings. The quantitative estimate of drug-likeness (QED) is 0.569. The summed E-state index contributed by atoms with van der Waals surface area (Å²) in [6.45, 7) is 1.80. The lowest BCUT2D eigenvalue weighted by Crippen LogP contribution is -2.13.